The van der Waals surface area contributed by atoms with E-state index in [1.807, 2.05) is 17.8 Å². The van der Waals surface area contributed by atoms with Gasteiger partial charge in [0.2, 0.25) is 0 Å². The number of aryl methyl sites for hydroxylation is 2. The Hall–Kier alpha value is -1.63. The van der Waals surface area contributed by atoms with Crippen LogP contribution in [0.5, 0.6) is 0 Å². The molecule has 0 spiro atoms. The number of nitrogens with zero attached hydrogens (tertiary/aromatic N) is 3. The summed E-state index contributed by atoms with van der Waals surface area (Å²) in [5.41, 5.74) is 0.730. The zero-order valence-corrected chi connectivity index (χ0v) is 15.0. The maximum Gasteiger partial charge on any atom is 0.256 e. The Morgan fingerprint density at radius 1 is 1.46 bits per heavy atom. The molecule has 1 amide bonds. The summed E-state index contributed by atoms with van der Waals surface area (Å²) in [6.07, 6.45) is 3.56. The average molecular weight is 373 g/mol. The van der Waals surface area contributed by atoms with Gasteiger partial charge in [0.05, 0.1) is 10.6 Å². The maximum absolute atomic E-state index is 13.6. The first-order chi connectivity index (χ1) is 11.0. The van der Waals surface area contributed by atoms with Crippen LogP contribution in [0.4, 0.5) is 4.39 Å². The number of hydrogen-bond acceptors (Lipinski definition) is 3. The summed E-state index contributed by atoms with van der Waals surface area (Å²) in [4.78, 5) is 19.1. The number of carbonyl (C=O) groups is 1. The monoisotopic (exact) mass is 372 g/mol. The molecule has 1 aromatic heterocycles. The summed E-state index contributed by atoms with van der Waals surface area (Å²) in [7, 11) is 1.90. The summed E-state index contributed by atoms with van der Waals surface area (Å²) < 4.78 is 15.5. The minimum Gasteiger partial charge on any atom is -0.336 e. The fraction of sp³-hybridized carbons (Fsp3) is 0.375. The third-order valence-corrected chi connectivity index (χ3v) is 4.45. The Morgan fingerprint density at radius 3 is 2.88 bits per heavy atom. The van der Waals surface area contributed by atoms with Crippen LogP contribution >= 0.6 is 24.0 Å². The quantitative estimate of drug-likeness (QED) is 0.881. The highest BCUT2D eigenvalue weighted by Crippen LogP contribution is 2.27. The Balaban J connectivity index is 0.00000208. The molecule has 1 atom stereocenters. The number of aromatic nitrogens is 2. The molecule has 2 aromatic rings. The predicted octanol–water partition coefficient (Wildman–Crippen LogP) is 2.73. The molecule has 0 radical (unpaired) electrons. The zero-order valence-electron chi connectivity index (χ0n) is 13.4. The van der Waals surface area contributed by atoms with E-state index in [1.165, 1.54) is 12.1 Å². The van der Waals surface area contributed by atoms with Crippen LogP contribution in [-0.2, 0) is 7.05 Å². The highest BCUT2D eigenvalue weighted by Gasteiger charge is 2.32. The number of halogens is 3. The van der Waals surface area contributed by atoms with E-state index in [0.717, 1.165) is 5.82 Å². The molecule has 0 saturated carbocycles. The van der Waals surface area contributed by atoms with Gasteiger partial charge in [0, 0.05) is 39.1 Å². The molecule has 1 aromatic carbocycles. The van der Waals surface area contributed by atoms with E-state index in [9.17, 15) is 9.18 Å². The van der Waals surface area contributed by atoms with Gasteiger partial charge >= 0.3 is 0 Å². The lowest BCUT2D eigenvalue weighted by Crippen LogP contribution is -2.49. The van der Waals surface area contributed by atoms with Gasteiger partial charge in [-0.15, -0.1) is 12.4 Å². The molecule has 130 valence electrons. The van der Waals surface area contributed by atoms with Gasteiger partial charge in [-0.1, -0.05) is 11.6 Å². The Morgan fingerprint density at radius 2 is 2.21 bits per heavy atom. The smallest absolute Gasteiger partial charge is 0.256 e. The van der Waals surface area contributed by atoms with Crippen molar-refractivity contribution in [2.45, 2.75) is 13.0 Å². The molecule has 1 saturated heterocycles. The molecular weight excluding hydrogens is 354 g/mol. The zero-order chi connectivity index (χ0) is 16.6. The first-order valence-electron chi connectivity index (χ1n) is 7.43. The molecule has 24 heavy (non-hydrogen) atoms. The number of rotatable bonds is 2. The molecule has 1 N–H and O–H groups in total. The molecular formula is C16H19Cl2FN4O. The number of imidazole rings is 1. The second-order valence-electron chi connectivity index (χ2n) is 5.70. The van der Waals surface area contributed by atoms with Gasteiger partial charge < -0.3 is 14.8 Å². The second kappa shape index (κ2) is 7.51. The topological polar surface area (TPSA) is 50.2 Å². The Labute approximate surface area is 151 Å². The molecule has 0 aliphatic carbocycles. The fourth-order valence-electron chi connectivity index (χ4n) is 2.85. The largest absolute Gasteiger partial charge is 0.336 e. The summed E-state index contributed by atoms with van der Waals surface area (Å²) >= 11 is 6.10. The van der Waals surface area contributed by atoms with Crippen molar-refractivity contribution < 1.29 is 9.18 Å². The Bertz CT molecular complexity index is 750. The maximum atomic E-state index is 13.6. The van der Waals surface area contributed by atoms with Crippen molar-refractivity contribution in [2.24, 2.45) is 7.05 Å². The van der Waals surface area contributed by atoms with Gasteiger partial charge in [0.15, 0.2) is 0 Å². The van der Waals surface area contributed by atoms with Gasteiger partial charge in [-0.2, -0.15) is 0 Å². The van der Waals surface area contributed by atoms with Crippen molar-refractivity contribution in [2.75, 3.05) is 19.6 Å². The fourth-order valence-corrected chi connectivity index (χ4v) is 3.08. The lowest BCUT2D eigenvalue weighted by Gasteiger charge is -2.36. The minimum atomic E-state index is -0.410. The molecule has 1 aliphatic heterocycles. The predicted molar refractivity (Wildman–Crippen MR) is 93.3 cm³/mol. The molecule has 3 rings (SSSR count). The van der Waals surface area contributed by atoms with Crippen molar-refractivity contribution in [1.29, 1.82) is 0 Å². The lowest BCUT2D eigenvalue weighted by atomic mass is 10.1. The molecule has 5 nitrogen and oxygen atoms in total. The van der Waals surface area contributed by atoms with Gasteiger partial charge in [0.25, 0.3) is 5.91 Å². The third-order valence-electron chi connectivity index (χ3n) is 4.14. The third kappa shape index (κ3) is 3.41. The number of benzene rings is 1. The Kier molecular flexibility index (Phi) is 5.85. The highest BCUT2D eigenvalue weighted by molar-refractivity contribution is 6.33. The van der Waals surface area contributed by atoms with E-state index >= 15 is 0 Å². The van der Waals surface area contributed by atoms with Gasteiger partial charge in [-0.25, -0.2) is 9.37 Å². The van der Waals surface area contributed by atoms with Crippen molar-refractivity contribution in [3.05, 3.63) is 52.3 Å². The first-order valence-corrected chi connectivity index (χ1v) is 7.81. The van der Waals surface area contributed by atoms with Crippen LogP contribution in [0.3, 0.4) is 0 Å². The van der Waals surface area contributed by atoms with Crippen molar-refractivity contribution >= 4 is 29.9 Å². The molecule has 1 fully saturated rings. The van der Waals surface area contributed by atoms with Crippen molar-refractivity contribution in [1.82, 2.24) is 19.8 Å². The van der Waals surface area contributed by atoms with Crippen LogP contribution in [0, 0.1) is 12.7 Å². The minimum absolute atomic E-state index is 0. The van der Waals surface area contributed by atoms with E-state index < -0.39 is 5.82 Å². The number of amides is 1. The molecule has 1 unspecified atom stereocenters. The number of hydrogen-bond donors (Lipinski definition) is 1. The van der Waals surface area contributed by atoms with E-state index in [4.69, 9.17) is 11.6 Å². The van der Waals surface area contributed by atoms with Crippen molar-refractivity contribution in [3.63, 3.8) is 0 Å². The van der Waals surface area contributed by atoms with Crippen LogP contribution in [0.15, 0.2) is 24.5 Å². The standard InChI is InChI=1S/C16H18ClFN4O.ClH/c1-10-7-11(12(17)8-13(10)18)16(23)22-6-3-19-9-14(22)15-20-4-5-21(15)2;/h4-5,7-8,14,19H,3,6,9H2,1-2H3;1H. The van der Waals surface area contributed by atoms with Gasteiger partial charge in [-0.05, 0) is 24.6 Å². The van der Waals surface area contributed by atoms with E-state index in [-0.39, 0.29) is 29.4 Å². The molecule has 0 bridgehead atoms. The van der Waals surface area contributed by atoms with Crippen LogP contribution in [0.1, 0.15) is 27.8 Å². The highest BCUT2D eigenvalue weighted by atomic mass is 35.5. The normalized spacial score (nSPS) is 17.5. The van der Waals surface area contributed by atoms with Crippen molar-refractivity contribution in [3.8, 4) is 0 Å². The van der Waals surface area contributed by atoms with E-state index in [1.54, 1.807) is 18.0 Å². The first kappa shape index (κ1) is 18.7. The van der Waals surface area contributed by atoms with Gasteiger partial charge in [-0.3, -0.25) is 4.79 Å². The number of carbonyl (C=O) groups excluding carboxylic acids is 1. The SMILES string of the molecule is Cc1cc(C(=O)N2CCNCC2c2nccn2C)c(Cl)cc1F.Cl. The second-order valence-corrected chi connectivity index (χ2v) is 6.10. The van der Waals surface area contributed by atoms with Crippen LogP contribution in [0.2, 0.25) is 5.02 Å². The summed E-state index contributed by atoms with van der Waals surface area (Å²) in [5.74, 6) is 0.195. The van der Waals surface area contributed by atoms with E-state index in [0.29, 0.717) is 30.8 Å². The number of nitrogens with one attached hydrogen (secondary N) is 1. The summed E-state index contributed by atoms with van der Waals surface area (Å²) in [5, 5.41) is 3.42. The number of piperazine rings is 1. The van der Waals surface area contributed by atoms with Gasteiger partial charge in [0.1, 0.15) is 17.7 Å². The molecule has 1 aliphatic rings. The average Bonchev–Trinajstić information content (AvgIpc) is 2.96. The molecule has 8 heteroatoms. The van der Waals surface area contributed by atoms with E-state index in [2.05, 4.69) is 10.3 Å². The summed E-state index contributed by atoms with van der Waals surface area (Å²) in [6.45, 7) is 3.48. The van der Waals surface area contributed by atoms with Crippen LogP contribution in [-0.4, -0.2) is 40.0 Å². The lowest BCUT2D eigenvalue weighted by molar-refractivity contribution is 0.0621. The van der Waals surface area contributed by atoms with Crippen LogP contribution in [0.25, 0.3) is 0 Å². The molecule has 2 heterocycles. The van der Waals surface area contributed by atoms with Crippen LogP contribution < -0.4 is 5.32 Å². The summed E-state index contributed by atoms with van der Waals surface area (Å²) in [6, 6.07) is 2.53.